The minimum atomic E-state index is 0.528. The number of rotatable bonds is 6. The van der Waals surface area contributed by atoms with Crippen molar-refractivity contribution in [1.82, 2.24) is 20.5 Å². The van der Waals surface area contributed by atoms with Gasteiger partial charge >= 0.3 is 0 Å². The van der Waals surface area contributed by atoms with Crippen molar-refractivity contribution >= 4 is 17.3 Å². The number of aliphatic imine (C=N–C) groups is 1. The van der Waals surface area contributed by atoms with Crippen LogP contribution in [-0.2, 0) is 6.42 Å². The van der Waals surface area contributed by atoms with Gasteiger partial charge in [0.05, 0.1) is 5.01 Å². The lowest BCUT2D eigenvalue weighted by Crippen LogP contribution is -2.45. The summed E-state index contributed by atoms with van der Waals surface area (Å²) in [5.74, 6) is 1.87. The van der Waals surface area contributed by atoms with Gasteiger partial charge in [0.15, 0.2) is 5.96 Å². The Morgan fingerprint density at radius 1 is 1.38 bits per heavy atom. The predicted molar refractivity (Wildman–Crippen MR) is 102 cm³/mol. The summed E-state index contributed by atoms with van der Waals surface area (Å²) in [5, 5.41) is 8.21. The van der Waals surface area contributed by atoms with E-state index in [0.29, 0.717) is 6.04 Å². The van der Waals surface area contributed by atoms with E-state index >= 15 is 0 Å². The molecule has 0 aromatic carbocycles. The summed E-state index contributed by atoms with van der Waals surface area (Å²) in [4.78, 5) is 12.7. The highest BCUT2D eigenvalue weighted by Gasteiger charge is 2.26. The molecule has 2 N–H and O–H groups in total. The first kappa shape index (κ1) is 17.7. The van der Waals surface area contributed by atoms with Gasteiger partial charge in [0.2, 0.25) is 0 Å². The molecule has 6 heteroatoms. The van der Waals surface area contributed by atoms with Crippen LogP contribution in [0.1, 0.15) is 42.0 Å². The van der Waals surface area contributed by atoms with E-state index in [-0.39, 0.29) is 0 Å². The summed E-state index contributed by atoms with van der Waals surface area (Å²) in [6.07, 6.45) is 9.88. The molecule has 1 aromatic rings. The highest BCUT2D eigenvalue weighted by atomic mass is 32.1. The first-order chi connectivity index (χ1) is 11.7. The number of hydrogen-bond donors (Lipinski definition) is 2. The lowest BCUT2D eigenvalue weighted by molar-refractivity contribution is 0.275. The molecule has 24 heavy (non-hydrogen) atoms. The second kappa shape index (κ2) is 8.81. The molecule has 0 bridgehead atoms. The van der Waals surface area contributed by atoms with Crippen molar-refractivity contribution in [2.45, 2.75) is 51.5 Å². The standard InChI is InChI=1S/C18H31N5S/c1-14-11-21-17(24-14)7-9-20-18(19-2)22-16-8-10-23(13-16)12-15-5-3-4-6-15/h11,15-16H,3-10,12-13H2,1-2H3,(H2,19,20,22). The topological polar surface area (TPSA) is 52.6 Å². The van der Waals surface area contributed by atoms with Gasteiger partial charge in [-0.3, -0.25) is 4.99 Å². The lowest BCUT2D eigenvalue weighted by Gasteiger charge is -2.21. The molecule has 1 aromatic heterocycles. The third-order valence-electron chi connectivity index (χ3n) is 5.13. The Labute approximate surface area is 150 Å². The number of aromatic nitrogens is 1. The molecule has 0 amide bonds. The Morgan fingerprint density at radius 2 is 2.21 bits per heavy atom. The summed E-state index contributed by atoms with van der Waals surface area (Å²) in [7, 11) is 1.86. The molecule has 2 heterocycles. The molecule has 134 valence electrons. The fourth-order valence-corrected chi connectivity index (χ4v) is 4.65. The van der Waals surface area contributed by atoms with Gasteiger partial charge in [0.1, 0.15) is 0 Å². The van der Waals surface area contributed by atoms with E-state index in [1.54, 1.807) is 11.3 Å². The van der Waals surface area contributed by atoms with Crippen molar-refractivity contribution < 1.29 is 0 Å². The molecule has 1 saturated carbocycles. The smallest absolute Gasteiger partial charge is 0.191 e. The number of nitrogens with zero attached hydrogens (tertiary/aromatic N) is 3. The fraction of sp³-hybridized carbons (Fsp3) is 0.778. The van der Waals surface area contributed by atoms with E-state index in [1.165, 1.54) is 55.1 Å². The van der Waals surface area contributed by atoms with E-state index in [4.69, 9.17) is 0 Å². The average Bonchev–Trinajstić information content (AvgIpc) is 3.30. The SMILES string of the molecule is CN=C(NCCc1ncc(C)s1)NC1CCN(CC2CCCC2)C1. The Balaban J connectivity index is 1.36. The second-order valence-electron chi connectivity index (χ2n) is 7.15. The summed E-state index contributed by atoms with van der Waals surface area (Å²) in [5.41, 5.74) is 0. The number of aryl methyl sites for hydroxylation is 1. The third kappa shape index (κ3) is 5.18. The van der Waals surface area contributed by atoms with Crippen molar-refractivity contribution in [3.8, 4) is 0 Å². The second-order valence-corrected chi connectivity index (χ2v) is 8.47. The van der Waals surface area contributed by atoms with Gasteiger partial charge < -0.3 is 15.5 Å². The number of guanidine groups is 1. The van der Waals surface area contributed by atoms with E-state index in [1.807, 2.05) is 13.2 Å². The van der Waals surface area contributed by atoms with Gasteiger partial charge in [-0.25, -0.2) is 4.98 Å². The summed E-state index contributed by atoms with van der Waals surface area (Å²) < 4.78 is 0. The zero-order valence-electron chi connectivity index (χ0n) is 15.1. The highest BCUT2D eigenvalue weighted by Crippen LogP contribution is 2.26. The maximum atomic E-state index is 4.41. The number of nitrogens with one attached hydrogen (secondary N) is 2. The van der Waals surface area contributed by atoms with Crippen molar-refractivity contribution in [2.75, 3.05) is 33.2 Å². The van der Waals surface area contributed by atoms with Gasteiger partial charge in [-0.1, -0.05) is 12.8 Å². The minimum Gasteiger partial charge on any atom is -0.356 e. The van der Waals surface area contributed by atoms with Crippen molar-refractivity contribution in [1.29, 1.82) is 0 Å². The molecule has 2 aliphatic rings. The monoisotopic (exact) mass is 349 g/mol. The van der Waals surface area contributed by atoms with Crippen molar-refractivity contribution in [3.05, 3.63) is 16.1 Å². The van der Waals surface area contributed by atoms with Crippen LogP contribution in [0.5, 0.6) is 0 Å². The largest absolute Gasteiger partial charge is 0.356 e. The molecule has 1 aliphatic heterocycles. The van der Waals surface area contributed by atoms with Gasteiger partial charge in [-0.15, -0.1) is 11.3 Å². The molecular weight excluding hydrogens is 318 g/mol. The highest BCUT2D eigenvalue weighted by molar-refractivity contribution is 7.11. The van der Waals surface area contributed by atoms with Crippen LogP contribution in [0.15, 0.2) is 11.2 Å². The maximum absolute atomic E-state index is 4.41. The predicted octanol–water partition coefficient (Wildman–Crippen LogP) is 2.42. The van der Waals surface area contributed by atoms with Crippen molar-refractivity contribution in [2.24, 2.45) is 10.9 Å². The number of thiazole rings is 1. The summed E-state index contributed by atoms with van der Waals surface area (Å²) in [6.45, 7) is 6.66. The molecule has 1 atom stereocenters. The van der Waals surface area contributed by atoms with E-state index in [0.717, 1.165) is 31.4 Å². The van der Waals surface area contributed by atoms with Crippen LogP contribution in [-0.4, -0.2) is 55.1 Å². The average molecular weight is 350 g/mol. The number of hydrogen-bond acceptors (Lipinski definition) is 4. The zero-order valence-corrected chi connectivity index (χ0v) is 15.9. The molecule has 1 aliphatic carbocycles. The molecule has 0 spiro atoms. The van der Waals surface area contributed by atoms with Crippen LogP contribution in [0.3, 0.4) is 0 Å². The van der Waals surface area contributed by atoms with Crippen LogP contribution in [0.4, 0.5) is 0 Å². The minimum absolute atomic E-state index is 0.528. The van der Waals surface area contributed by atoms with E-state index in [2.05, 4.69) is 32.4 Å². The Kier molecular flexibility index (Phi) is 6.49. The summed E-state index contributed by atoms with van der Waals surface area (Å²) in [6, 6.07) is 0.528. The van der Waals surface area contributed by atoms with Crippen LogP contribution in [0.2, 0.25) is 0 Å². The molecule has 1 unspecified atom stereocenters. The van der Waals surface area contributed by atoms with Gasteiger partial charge in [0, 0.05) is 56.8 Å². The fourth-order valence-electron chi connectivity index (χ4n) is 3.87. The molecule has 5 nitrogen and oxygen atoms in total. The Bertz CT molecular complexity index is 535. The lowest BCUT2D eigenvalue weighted by atomic mass is 10.1. The molecule has 2 fully saturated rings. The van der Waals surface area contributed by atoms with Gasteiger partial charge in [0.25, 0.3) is 0 Å². The van der Waals surface area contributed by atoms with E-state index in [9.17, 15) is 0 Å². The third-order valence-corrected chi connectivity index (χ3v) is 6.10. The van der Waals surface area contributed by atoms with Crippen LogP contribution < -0.4 is 10.6 Å². The van der Waals surface area contributed by atoms with Crippen molar-refractivity contribution in [3.63, 3.8) is 0 Å². The first-order valence-electron chi connectivity index (χ1n) is 9.34. The van der Waals surface area contributed by atoms with Crippen LogP contribution in [0.25, 0.3) is 0 Å². The molecule has 3 rings (SSSR count). The van der Waals surface area contributed by atoms with Gasteiger partial charge in [-0.05, 0) is 32.1 Å². The van der Waals surface area contributed by atoms with E-state index < -0.39 is 0 Å². The normalized spacial score (nSPS) is 23.1. The molecule has 0 radical (unpaired) electrons. The Hall–Kier alpha value is -1.14. The first-order valence-corrected chi connectivity index (χ1v) is 10.2. The van der Waals surface area contributed by atoms with Crippen LogP contribution in [0, 0.1) is 12.8 Å². The number of likely N-dealkylation sites (tertiary alicyclic amines) is 1. The maximum Gasteiger partial charge on any atom is 0.191 e. The van der Waals surface area contributed by atoms with Gasteiger partial charge in [-0.2, -0.15) is 0 Å². The van der Waals surface area contributed by atoms with Crippen LogP contribution >= 0.6 is 11.3 Å². The summed E-state index contributed by atoms with van der Waals surface area (Å²) >= 11 is 1.78. The quantitative estimate of drug-likeness (QED) is 0.612. The molecule has 1 saturated heterocycles. The zero-order chi connectivity index (χ0) is 16.8. The molecular formula is C18H31N5S. The Morgan fingerprint density at radius 3 is 2.92 bits per heavy atom.